The number of nitrogens with zero attached hydrogens (tertiary/aromatic N) is 9. The molecular weight excluding hydrogens is 1930 g/mol. The summed E-state index contributed by atoms with van der Waals surface area (Å²) in [6.45, 7) is 35.7. The molecule has 8 heterocycles. The van der Waals surface area contributed by atoms with Crippen LogP contribution in [0.25, 0.3) is 0 Å². The van der Waals surface area contributed by atoms with E-state index >= 15 is 17.6 Å². The quantitative estimate of drug-likeness (QED) is 0.00747. The van der Waals surface area contributed by atoms with Gasteiger partial charge in [-0.3, -0.25) is 28.2 Å². The first-order valence-corrected chi connectivity index (χ1v) is 46.3. The average Bonchev–Trinajstić information content (AvgIpc) is 1.61. The minimum absolute atomic E-state index is 0. The van der Waals surface area contributed by atoms with Gasteiger partial charge in [0.25, 0.3) is 0 Å². The van der Waals surface area contributed by atoms with E-state index in [1.165, 1.54) is 47.9 Å². The lowest BCUT2D eigenvalue weighted by molar-refractivity contribution is -0.183. The average molecular weight is 2060 g/mol. The molecule has 0 aliphatic carbocycles. The van der Waals surface area contributed by atoms with Crippen LogP contribution >= 0.6 is 27.2 Å². The molecule has 8 aliphatic rings. The number of nitrogens with two attached hydrogens (primary N) is 4. The number of rotatable bonds is 41. The van der Waals surface area contributed by atoms with Crippen LogP contribution in [0.5, 0.6) is 0 Å². The first-order chi connectivity index (χ1) is 64.3. The summed E-state index contributed by atoms with van der Waals surface area (Å²) in [5.74, 6) is -3.55. The molecule has 8 aliphatic heterocycles. The van der Waals surface area contributed by atoms with Gasteiger partial charge < -0.3 is 129 Å². The number of aliphatic hydroxyl groups is 3. The number of ether oxygens (including phenoxy) is 16. The van der Waals surface area contributed by atoms with Crippen molar-refractivity contribution >= 4 is 105 Å². The minimum atomic E-state index is -4.88. The molecule has 8 rings (SSSR count). The van der Waals surface area contributed by atoms with E-state index in [0.717, 1.165) is 21.7 Å². The smallest absolute Gasteiger partial charge is 0.462 e. The summed E-state index contributed by atoms with van der Waals surface area (Å²) < 4.78 is 215. The zero-order chi connectivity index (χ0) is 104. The van der Waals surface area contributed by atoms with E-state index in [4.69, 9.17) is 119 Å². The van der Waals surface area contributed by atoms with Crippen molar-refractivity contribution in [3.8, 4) is 0 Å². The monoisotopic (exact) mass is 2060 g/mol. The standard InChI is InChI=1S/C22H34F2N3O12P.C22H35FN3O13P.C20H30FN3O5.C18H26ClFN4O5.CH4/c1-12(2)37-20(29)32-10-35-40(31,36-11-33-21(30)38-13(3)4)34-9-22(14(5)23)18(28)17(24)19(39-22)27-8-7-16(25)26-15(27)6;1-13(2)37-20(29)32-11-35-40(31,36-12-33-21(30)38-14(3)4)34-10-22(7-9-27)18(28)17(23)19(39-22)26-8-6-16(24)25-15(26)5;1-7-20(10-27-18(25)11(2)3)16(28-19(26)12(4)5)15(21)17(29-20)24-9-8-14(22)23-13(24)6;1-9(2)16(25)27-8-18(7-19)14(28-17(26)10(3)4)13(20)15(29-18)24-11(5)23-12(21)6-22-24;/h7-8,12-14,17-19,28H,6,9-11H2,1-5H3,(H2,25,26);6,8,13-14,17-19,27-28H,5,7,9-12H2,1-4H3,(H2,24,25);8-9,11-12,15-17H,6-7,10H2,1-5H3,(H2,22,23);6,9-10,13-15H,5,7-8H2,1-4H3,(H2,21,23);1H4/t14?,17-,18+,19-,22+;17-,18+,19-,22-;15-,16+,17-,20-;13-,14+,15-,18-;/m1111./s1. The van der Waals surface area contributed by atoms with Gasteiger partial charge in [-0.15, -0.1) is 11.6 Å². The third-order valence-electron chi connectivity index (χ3n) is 19.7. The molecule has 0 aromatic carbocycles. The first kappa shape index (κ1) is 121. The van der Waals surface area contributed by atoms with Crippen LogP contribution in [0.15, 0.2) is 111 Å². The van der Waals surface area contributed by atoms with Crippen LogP contribution < -0.4 is 22.9 Å². The van der Waals surface area contributed by atoms with E-state index < -0.39 is 269 Å². The number of phosphoric acid groups is 2. The molecule has 56 heteroatoms. The predicted molar refractivity (Wildman–Crippen MR) is 481 cm³/mol. The maximum Gasteiger partial charge on any atom is 0.510 e. The van der Waals surface area contributed by atoms with Gasteiger partial charge in [0.1, 0.15) is 89.4 Å². The number of phosphoric ester groups is 2. The maximum absolute atomic E-state index is 15.6. The molecule has 11 N–H and O–H groups in total. The Hall–Kier alpha value is -10.2. The Balaban J connectivity index is 0.000000390. The van der Waals surface area contributed by atoms with E-state index in [9.17, 15) is 67.2 Å². The summed E-state index contributed by atoms with van der Waals surface area (Å²) in [5, 5.41) is 36.1. The summed E-state index contributed by atoms with van der Waals surface area (Å²) >= 11 is 6.11. The van der Waals surface area contributed by atoms with Crippen LogP contribution in [0.1, 0.15) is 145 Å². The Bertz CT molecular complexity index is 4410. The Labute approximate surface area is 805 Å². The van der Waals surface area contributed by atoms with Gasteiger partial charge in [-0.05, 0) is 87.0 Å². The number of aliphatic imine (C=N–C) groups is 4. The molecule has 0 aromatic rings. The number of alkyl halides is 6. The highest BCUT2D eigenvalue weighted by molar-refractivity contribution is 7.48. The Kier molecular flexibility index (Phi) is 47.1. The van der Waals surface area contributed by atoms with Crippen molar-refractivity contribution < 1.29 is 188 Å². The first-order valence-electron chi connectivity index (χ1n) is 42.8. The highest BCUT2D eigenvalue weighted by atomic mass is 35.5. The second-order valence-corrected chi connectivity index (χ2v) is 36.8. The molecule has 0 bridgehead atoms. The fourth-order valence-electron chi connectivity index (χ4n) is 12.4. The molecule has 48 nitrogen and oxygen atoms in total. The SMILES string of the molecule is C.C=C1N=C(N)C=CN1[C@@H]1O[C@@](COP(=O)(OCOC(=O)OC(C)C)OCOC(=O)OC(C)C)(C(C)F)[C@@H](O)[C@H]1F.C=C1N=C(N)C=CN1[C@@H]1O[C@](CC)(COC(=O)C(C)C)[C@@H](OC(=O)C(C)C)[C@H]1F.C=C1N=C(N)C=CN1[C@@H]1O[C@](CCO)(COP(=O)(OCOC(=O)OC(C)C)OCOC(=O)OC(C)C)[C@@H](O)[C@H]1F.C=C1N=C(N)C=NN1[C@@H]1O[C@](CCl)(COC(=O)C(C)C)[C@@H](OC(=O)C(C)C)[C@H]1F. The van der Waals surface area contributed by atoms with E-state index in [-0.39, 0.29) is 78.9 Å². The Morgan fingerprint density at radius 1 is 0.453 bits per heavy atom. The van der Waals surface area contributed by atoms with Crippen LogP contribution in [0, 0.1) is 23.7 Å². The van der Waals surface area contributed by atoms with E-state index in [1.807, 2.05) is 0 Å². The number of aliphatic hydroxyl groups excluding tert-OH is 3. The van der Waals surface area contributed by atoms with E-state index in [1.54, 1.807) is 118 Å². The molecule has 0 radical (unpaired) electrons. The van der Waals surface area contributed by atoms with E-state index in [2.05, 4.69) is 70.3 Å². The molecule has 17 atom stereocenters. The van der Waals surface area contributed by atoms with Crippen LogP contribution in [0.3, 0.4) is 0 Å². The molecule has 0 spiro atoms. The number of esters is 4. The van der Waals surface area contributed by atoms with Crippen molar-refractivity contribution in [1.29, 1.82) is 0 Å². The van der Waals surface area contributed by atoms with Gasteiger partial charge in [0.15, 0.2) is 73.0 Å². The number of hydrogen-bond donors (Lipinski definition) is 7. The summed E-state index contributed by atoms with van der Waals surface area (Å²) in [5.41, 5.74) is 15.0. The van der Waals surface area contributed by atoms with Gasteiger partial charge in [0.05, 0.1) is 73.4 Å². The Morgan fingerprint density at radius 2 is 0.777 bits per heavy atom. The molecular formula is C83H129ClF5N13O35P2. The molecule has 139 heavy (non-hydrogen) atoms. The fraction of sp³-hybridized carbons (Fsp3) is 0.675. The van der Waals surface area contributed by atoms with Gasteiger partial charge in [0.2, 0.25) is 27.2 Å². The van der Waals surface area contributed by atoms with Gasteiger partial charge in [-0.2, -0.15) is 5.10 Å². The number of amidine groups is 4. The van der Waals surface area contributed by atoms with Gasteiger partial charge >= 0.3 is 64.1 Å². The summed E-state index contributed by atoms with van der Waals surface area (Å²) in [6, 6.07) is 0. The summed E-state index contributed by atoms with van der Waals surface area (Å²) in [4.78, 5) is 114. The molecule has 788 valence electrons. The predicted octanol–water partition coefficient (Wildman–Crippen LogP) is 9.45. The topological polar surface area (TPSA) is 613 Å². The van der Waals surface area contributed by atoms with Gasteiger partial charge in [0, 0.05) is 31.6 Å². The number of carbonyl (C=O) groups is 8. The Morgan fingerprint density at radius 3 is 1.12 bits per heavy atom. The van der Waals surface area contributed by atoms with Crippen molar-refractivity contribution in [2.75, 3.05) is 66.1 Å². The van der Waals surface area contributed by atoms with Crippen LogP contribution in [-0.4, -0.2) is 306 Å². The molecule has 4 fully saturated rings. The number of carbonyl (C=O) groups excluding carboxylic acids is 8. The maximum atomic E-state index is 15.6. The minimum Gasteiger partial charge on any atom is -0.462 e. The molecule has 0 aromatic heterocycles. The molecule has 4 saturated heterocycles. The van der Waals surface area contributed by atoms with Crippen LogP contribution in [0.2, 0.25) is 0 Å². The van der Waals surface area contributed by atoms with Crippen LogP contribution in [0.4, 0.5) is 41.1 Å². The lowest BCUT2D eigenvalue weighted by Crippen LogP contribution is -2.52. The second kappa shape index (κ2) is 54.1. The van der Waals surface area contributed by atoms with Gasteiger partial charge in [-0.25, -0.2) is 93.3 Å². The normalized spacial score (nSPS) is 26.8. The summed E-state index contributed by atoms with van der Waals surface area (Å²) in [6.07, 6.45) is -20.0. The van der Waals surface area contributed by atoms with Crippen molar-refractivity contribution in [2.24, 2.45) is 71.7 Å². The zero-order valence-corrected chi connectivity index (χ0v) is 81.9. The summed E-state index contributed by atoms with van der Waals surface area (Å²) in [7, 11) is -9.66. The number of halogens is 6. The van der Waals surface area contributed by atoms with Gasteiger partial charge in [-0.1, -0.05) is 96.1 Å². The molecule has 1 unspecified atom stereocenters. The number of hydrogen-bond acceptors (Lipinski definition) is 48. The van der Waals surface area contributed by atoms with Crippen molar-refractivity contribution in [2.45, 2.75) is 272 Å². The number of hydrazone groups is 1. The van der Waals surface area contributed by atoms with E-state index in [0.29, 0.717) is 0 Å². The second-order valence-electron chi connectivity index (χ2n) is 33.2. The molecule has 0 amide bonds. The fourth-order valence-corrected chi connectivity index (χ4v) is 14.6. The lowest BCUT2D eigenvalue weighted by atomic mass is 9.92. The van der Waals surface area contributed by atoms with Crippen molar-refractivity contribution in [3.63, 3.8) is 0 Å². The third-order valence-corrected chi connectivity index (χ3v) is 22.7. The largest absolute Gasteiger partial charge is 0.510 e. The third kappa shape index (κ3) is 34.0. The highest BCUT2D eigenvalue weighted by Crippen LogP contribution is 2.54. The van der Waals surface area contributed by atoms with Crippen LogP contribution in [-0.2, 0) is 131 Å². The zero-order valence-electron chi connectivity index (χ0n) is 79.4. The molecule has 0 saturated carbocycles. The lowest BCUT2D eigenvalue weighted by Gasteiger charge is -2.35. The highest BCUT2D eigenvalue weighted by Gasteiger charge is 2.65. The van der Waals surface area contributed by atoms with Crippen molar-refractivity contribution in [1.82, 2.24) is 19.7 Å². The van der Waals surface area contributed by atoms with Crippen molar-refractivity contribution in [3.05, 3.63) is 86.4 Å².